The van der Waals surface area contributed by atoms with Crippen LogP contribution in [0.2, 0.25) is 0 Å². The van der Waals surface area contributed by atoms with E-state index in [1.165, 1.54) is 0 Å². The van der Waals surface area contributed by atoms with Crippen LogP contribution in [0.4, 0.5) is 11.5 Å². The molecule has 5 heteroatoms. The van der Waals surface area contributed by atoms with Gasteiger partial charge in [-0.25, -0.2) is 0 Å². The van der Waals surface area contributed by atoms with Gasteiger partial charge in [-0.15, -0.1) is 0 Å². The molecule has 2 heterocycles. The molecular formula is C15H18N4O. The summed E-state index contributed by atoms with van der Waals surface area (Å²) < 4.78 is 0. The van der Waals surface area contributed by atoms with Crippen LogP contribution in [0.3, 0.4) is 0 Å². The minimum atomic E-state index is -0.116. The molecule has 0 bridgehead atoms. The maximum absolute atomic E-state index is 12.4. The average molecular weight is 270 g/mol. The topological polar surface area (TPSA) is 69.8 Å². The number of aromatic amines is 1. The number of para-hydroxylation sites is 1. The number of hydrogen-bond donors (Lipinski definition) is 3. The smallest absolute Gasteiger partial charge is 0.233 e. The van der Waals surface area contributed by atoms with E-state index in [4.69, 9.17) is 0 Å². The highest BCUT2D eigenvalue weighted by molar-refractivity contribution is 5.96. The summed E-state index contributed by atoms with van der Waals surface area (Å²) in [5.74, 6) is 0.491. The molecule has 1 amide bonds. The van der Waals surface area contributed by atoms with Crippen LogP contribution in [0.15, 0.2) is 30.3 Å². The zero-order chi connectivity index (χ0) is 13.9. The molecule has 0 radical (unpaired) electrons. The number of aromatic nitrogens is 2. The van der Waals surface area contributed by atoms with Gasteiger partial charge in [0.05, 0.1) is 5.92 Å². The van der Waals surface area contributed by atoms with Crippen molar-refractivity contribution >= 4 is 17.4 Å². The summed E-state index contributed by atoms with van der Waals surface area (Å²) in [6.45, 7) is 2.86. The number of rotatable bonds is 3. The number of aryl methyl sites for hydroxylation is 1. The number of amides is 1. The highest BCUT2D eigenvalue weighted by Crippen LogP contribution is 2.32. The zero-order valence-corrected chi connectivity index (χ0v) is 11.4. The standard InChI is InChI=1S/C15H18N4O/c1-2-10-9-14(19-18-10)17-15(20)12-7-8-16-13-6-4-3-5-11(12)13/h3-6,9,12,16H,2,7-8H2,1H3,(H2,17,18,19,20). The molecule has 1 aromatic carbocycles. The van der Waals surface area contributed by atoms with Crippen molar-refractivity contribution < 1.29 is 4.79 Å². The molecule has 1 aliphatic rings. The molecular weight excluding hydrogens is 252 g/mol. The Morgan fingerprint density at radius 2 is 2.30 bits per heavy atom. The lowest BCUT2D eigenvalue weighted by Crippen LogP contribution is -2.27. The molecule has 1 aromatic heterocycles. The van der Waals surface area contributed by atoms with Gasteiger partial charge in [-0.05, 0) is 24.5 Å². The number of hydrogen-bond acceptors (Lipinski definition) is 3. The summed E-state index contributed by atoms with van der Waals surface area (Å²) in [5.41, 5.74) is 3.13. The monoisotopic (exact) mass is 270 g/mol. The molecule has 20 heavy (non-hydrogen) atoms. The van der Waals surface area contributed by atoms with Crippen LogP contribution in [0.25, 0.3) is 0 Å². The summed E-state index contributed by atoms with van der Waals surface area (Å²) in [5, 5.41) is 13.2. The lowest BCUT2D eigenvalue weighted by atomic mass is 9.90. The Bertz CT molecular complexity index is 620. The summed E-state index contributed by atoms with van der Waals surface area (Å²) in [7, 11) is 0. The third-order valence-electron chi connectivity index (χ3n) is 3.66. The van der Waals surface area contributed by atoms with E-state index in [1.54, 1.807) is 0 Å². The normalized spacial score (nSPS) is 17.1. The molecule has 3 N–H and O–H groups in total. The van der Waals surface area contributed by atoms with E-state index in [1.807, 2.05) is 37.3 Å². The third kappa shape index (κ3) is 2.39. The average Bonchev–Trinajstić information content (AvgIpc) is 2.94. The van der Waals surface area contributed by atoms with Crippen LogP contribution >= 0.6 is 0 Å². The second-order valence-corrected chi connectivity index (χ2v) is 4.98. The number of nitrogens with zero attached hydrogens (tertiary/aromatic N) is 1. The van der Waals surface area contributed by atoms with E-state index in [0.29, 0.717) is 5.82 Å². The molecule has 0 spiro atoms. The summed E-state index contributed by atoms with van der Waals surface area (Å²) in [6.07, 6.45) is 1.67. The molecule has 104 valence electrons. The number of benzene rings is 1. The largest absolute Gasteiger partial charge is 0.385 e. The van der Waals surface area contributed by atoms with Crippen LogP contribution in [0.5, 0.6) is 0 Å². The summed E-state index contributed by atoms with van der Waals surface area (Å²) >= 11 is 0. The Morgan fingerprint density at radius 1 is 1.45 bits per heavy atom. The Hall–Kier alpha value is -2.30. The number of carbonyl (C=O) groups excluding carboxylic acids is 1. The van der Waals surface area contributed by atoms with E-state index in [0.717, 1.165) is 36.3 Å². The first-order valence-electron chi connectivity index (χ1n) is 6.96. The Balaban J connectivity index is 1.78. The Morgan fingerprint density at radius 3 is 3.10 bits per heavy atom. The van der Waals surface area contributed by atoms with Crippen LogP contribution in [0.1, 0.15) is 30.5 Å². The lowest BCUT2D eigenvalue weighted by Gasteiger charge is -2.25. The Labute approximate surface area is 117 Å². The first-order valence-corrected chi connectivity index (χ1v) is 6.96. The van der Waals surface area contributed by atoms with Crippen LogP contribution < -0.4 is 10.6 Å². The van der Waals surface area contributed by atoms with E-state index in [9.17, 15) is 4.79 Å². The number of fused-ring (bicyclic) bond motifs is 1. The van der Waals surface area contributed by atoms with E-state index in [2.05, 4.69) is 20.8 Å². The van der Waals surface area contributed by atoms with Crippen molar-refractivity contribution in [2.75, 3.05) is 17.2 Å². The second kappa shape index (κ2) is 5.36. The second-order valence-electron chi connectivity index (χ2n) is 4.98. The lowest BCUT2D eigenvalue weighted by molar-refractivity contribution is -0.117. The number of H-pyrrole nitrogens is 1. The van der Waals surface area contributed by atoms with Gasteiger partial charge >= 0.3 is 0 Å². The minimum absolute atomic E-state index is 0.00750. The predicted octanol–water partition coefficient (Wildman–Crippen LogP) is 2.51. The molecule has 1 unspecified atom stereocenters. The summed E-state index contributed by atoms with van der Waals surface area (Å²) in [4.78, 5) is 12.4. The molecule has 2 aromatic rings. The molecule has 0 fully saturated rings. The number of anilines is 2. The maximum atomic E-state index is 12.4. The quantitative estimate of drug-likeness (QED) is 0.802. The van der Waals surface area contributed by atoms with Gasteiger partial charge in [0.15, 0.2) is 5.82 Å². The fraction of sp³-hybridized carbons (Fsp3) is 0.333. The van der Waals surface area contributed by atoms with Crippen molar-refractivity contribution in [2.24, 2.45) is 0 Å². The van der Waals surface area contributed by atoms with Gasteiger partial charge in [0.2, 0.25) is 5.91 Å². The molecule has 5 nitrogen and oxygen atoms in total. The first kappa shape index (κ1) is 12.7. The van der Waals surface area contributed by atoms with Crippen molar-refractivity contribution in [2.45, 2.75) is 25.7 Å². The van der Waals surface area contributed by atoms with Crippen molar-refractivity contribution in [1.82, 2.24) is 10.2 Å². The minimum Gasteiger partial charge on any atom is -0.385 e. The van der Waals surface area contributed by atoms with Crippen molar-refractivity contribution in [3.05, 3.63) is 41.6 Å². The fourth-order valence-corrected chi connectivity index (χ4v) is 2.56. The highest BCUT2D eigenvalue weighted by Gasteiger charge is 2.26. The van der Waals surface area contributed by atoms with Crippen molar-refractivity contribution in [3.63, 3.8) is 0 Å². The van der Waals surface area contributed by atoms with Crippen molar-refractivity contribution in [3.8, 4) is 0 Å². The van der Waals surface area contributed by atoms with Crippen molar-refractivity contribution in [1.29, 1.82) is 0 Å². The molecule has 0 aliphatic carbocycles. The molecule has 1 aliphatic heterocycles. The highest BCUT2D eigenvalue weighted by atomic mass is 16.2. The predicted molar refractivity (Wildman–Crippen MR) is 78.9 cm³/mol. The Kier molecular flexibility index (Phi) is 3.41. The molecule has 0 saturated carbocycles. The molecule has 1 atom stereocenters. The van der Waals surface area contributed by atoms with Gasteiger partial charge in [-0.2, -0.15) is 5.10 Å². The number of carbonyl (C=O) groups is 1. The van der Waals surface area contributed by atoms with Gasteiger partial charge in [0.1, 0.15) is 0 Å². The van der Waals surface area contributed by atoms with Gasteiger partial charge in [-0.3, -0.25) is 9.89 Å². The third-order valence-corrected chi connectivity index (χ3v) is 3.66. The fourth-order valence-electron chi connectivity index (χ4n) is 2.56. The van der Waals surface area contributed by atoms with Crippen LogP contribution in [-0.4, -0.2) is 22.6 Å². The van der Waals surface area contributed by atoms with Crippen LogP contribution in [0, 0.1) is 0 Å². The van der Waals surface area contributed by atoms with Crippen LogP contribution in [-0.2, 0) is 11.2 Å². The maximum Gasteiger partial charge on any atom is 0.233 e. The van der Waals surface area contributed by atoms with Gasteiger partial charge < -0.3 is 10.6 Å². The van der Waals surface area contributed by atoms with E-state index in [-0.39, 0.29) is 11.8 Å². The molecule has 0 saturated heterocycles. The van der Waals surface area contributed by atoms with E-state index >= 15 is 0 Å². The first-order chi connectivity index (χ1) is 9.78. The van der Waals surface area contributed by atoms with Gasteiger partial charge in [0, 0.05) is 24.0 Å². The molecule has 3 rings (SSSR count). The SMILES string of the molecule is CCc1cc(NC(=O)C2CCNc3ccccc32)n[nH]1. The van der Waals surface area contributed by atoms with Gasteiger partial charge in [0.25, 0.3) is 0 Å². The van der Waals surface area contributed by atoms with Gasteiger partial charge in [-0.1, -0.05) is 25.1 Å². The summed E-state index contributed by atoms with van der Waals surface area (Å²) in [6, 6.07) is 9.85. The van der Waals surface area contributed by atoms with E-state index < -0.39 is 0 Å². The zero-order valence-electron chi connectivity index (χ0n) is 11.4. The number of nitrogens with one attached hydrogen (secondary N) is 3.